The number of hydrogen-bond acceptors (Lipinski definition) is 5. The molecule has 0 aliphatic carbocycles. The van der Waals surface area contributed by atoms with Gasteiger partial charge >= 0.3 is 5.97 Å². The Bertz CT molecular complexity index is 967. The predicted octanol–water partition coefficient (Wildman–Crippen LogP) is 3.68. The Balaban J connectivity index is 2.06. The summed E-state index contributed by atoms with van der Waals surface area (Å²) in [6.07, 6.45) is 6.86. The van der Waals surface area contributed by atoms with Crippen LogP contribution in [0.25, 0.3) is 5.76 Å². The van der Waals surface area contributed by atoms with Crippen molar-refractivity contribution in [1.29, 1.82) is 5.26 Å². The van der Waals surface area contributed by atoms with Crippen LogP contribution in [0.4, 0.5) is 0 Å². The van der Waals surface area contributed by atoms with Crippen LogP contribution in [0.5, 0.6) is 5.75 Å². The average Bonchev–Trinajstić information content (AvgIpc) is 3.32. The lowest BCUT2D eigenvalue weighted by molar-refractivity contribution is 0.0601. The first kappa shape index (κ1) is 17.2. The maximum Gasteiger partial charge on any atom is 0.339 e. The molecule has 0 saturated carbocycles. The van der Waals surface area contributed by atoms with Crippen LogP contribution in [-0.2, 0) is 4.74 Å². The van der Waals surface area contributed by atoms with Gasteiger partial charge in [0, 0.05) is 12.4 Å². The van der Waals surface area contributed by atoms with Gasteiger partial charge < -0.3 is 14.5 Å². The third-order valence-corrected chi connectivity index (χ3v) is 3.93. The summed E-state index contributed by atoms with van der Waals surface area (Å²) in [6.45, 7) is 3.77. The lowest BCUT2D eigenvalue weighted by atomic mass is 10.1. The van der Waals surface area contributed by atoms with Crippen LogP contribution < -0.4 is 4.74 Å². The first-order valence-electron chi connectivity index (χ1n) is 7.94. The highest BCUT2D eigenvalue weighted by Gasteiger charge is 2.18. The lowest BCUT2D eigenvalue weighted by Crippen LogP contribution is -2.02. The highest BCUT2D eigenvalue weighted by molar-refractivity contribution is 5.90. The number of nitrogens with one attached hydrogen (secondary N) is 1. The minimum atomic E-state index is -0.437. The smallest absolute Gasteiger partial charge is 0.339 e. The van der Waals surface area contributed by atoms with Crippen molar-refractivity contribution >= 4 is 17.9 Å². The summed E-state index contributed by atoms with van der Waals surface area (Å²) in [4.78, 5) is 19.1. The molecule has 0 bridgehead atoms. The van der Waals surface area contributed by atoms with Crippen molar-refractivity contribution in [2.45, 2.75) is 13.8 Å². The third kappa shape index (κ3) is 3.28. The van der Waals surface area contributed by atoms with E-state index in [0.717, 1.165) is 11.1 Å². The number of carbonyl (C=O) groups excluding carboxylic acids is 1. The second-order valence-corrected chi connectivity index (χ2v) is 5.80. The molecule has 1 aromatic carbocycles. The number of rotatable bonds is 4. The molecule has 6 heteroatoms. The molecule has 3 rings (SSSR count). The molecular weight excluding hydrogens is 330 g/mol. The fourth-order valence-corrected chi connectivity index (χ4v) is 2.72. The molecule has 0 amide bonds. The molecule has 0 spiro atoms. The number of aromatic nitrogens is 1. The topological polar surface area (TPSA) is 87.5 Å². The van der Waals surface area contributed by atoms with Crippen molar-refractivity contribution in [3.63, 3.8) is 0 Å². The Morgan fingerprint density at radius 1 is 1.23 bits per heavy atom. The number of aromatic amines is 1. The molecule has 26 heavy (non-hydrogen) atoms. The van der Waals surface area contributed by atoms with E-state index in [1.807, 2.05) is 19.9 Å². The maximum absolute atomic E-state index is 11.7. The molecule has 1 N–H and O–H groups in total. The van der Waals surface area contributed by atoms with Crippen LogP contribution in [0.1, 0.15) is 32.7 Å². The first-order valence-corrected chi connectivity index (χ1v) is 7.94. The lowest BCUT2D eigenvalue weighted by Gasteiger charge is -2.15. The standard InChI is InChI=1S/C20H17N3O3/c1-12-7-14(10-21)8-13(2)18(12)26-19(16-5-4-6-22-16)17-9-15(11-23-17)20(24)25-3/h4-9,11,23H,1-3H3. The Morgan fingerprint density at radius 3 is 2.54 bits per heavy atom. The van der Waals surface area contributed by atoms with E-state index in [4.69, 9.17) is 14.7 Å². The van der Waals surface area contributed by atoms with Crippen LogP contribution >= 0.6 is 0 Å². The van der Waals surface area contributed by atoms with Gasteiger partial charge in [0.25, 0.3) is 0 Å². The zero-order chi connectivity index (χ0) is 18.7. The highest BCUT2D eigenvalue weighted by Crippen LogP contribution is 2.32. The molecule has 2 aromatic rings. The zero-order valence-electron chi connectivity index (χ0n) is 14.7. The van der Waals surface area contributed by atoms with Gasteiger partial charge in [0.1, 0.15) is 11.4 Å². The SMILES string of the molecule is COC(=O)c1c[nH]c(C(Oc2c(C)cc(C#N)cc2C)=C2C=CC=N2)c1. The normalized spacial score (nSPS) is 14.2. The number of nitriles is 1. The Kier molecular flexibility index (Phi) is 4.72. The largest absolute Gasteiger partial charge is 0.465 e. The van der Waals surface area contributed by atoms with E-state index in [9.17, 15) is 4.79 Å². The number of benzene rings is 1. The van der Waals surface area contributed by atoms with Gasteiger partial charge in [0.15, 0.2) is 5.76 Å². The quantitative estimate of drug-likeness (QED) is 0.675. The summed E-state index contributed by atoms with van der Waals surface area (Å²) in [5.41, 5.74) is 3.88. The first-order chi connectivity index (χ1) is 12.5. The van der Waals surface area contributed by atoms with E-state index in [1.165, 1.54) is 7.11 Å². The Morgan fingerprint density at radius 2 is 1.96 bits per heavy atom. The van der Waals surface area contributed by atoms with E-state index in [0.29, 0.717) is 34.0 Å². The van der Waals surface area contributed by atoms with E-state index < -0.39 is 5.97 Å². The number of nitrogens with zero attached hydrogens (tertiary/aromatic N) is 2. The van der Waals surface area contributed by atoms with Gasteiger partial charge in [0.05, 0.1) is 30.0 Å². The monoisotopic (exact) mass is 347 g/mol. The van der Waals surface area contributed by atoms with Gasteiger partial charge in [0.2, 0.25) is 0 Å². The molecule has 0 fully saturated rings. The van der Waals surface area contributed by atoms with Crippen molar-refractivity contribution in [3.05, 3.63) is 70.2 Å². The van der Waals surface area contributed by atoms with Crippen molar-refractivity contribution < 1.29 is 14.3 Å². The Hall–Kier alpha value is -3.59. The van der Waals surface area contributed by atoms with Crippen molar-refractivity contribution in [1.82, 2.24) is 4.98 Å². The molecule has 6 nitrogen and oxygen atoms in total. The maximum atomic E-state index is 11.7. The van der Waals surface area contributed by atoms with Crippen molar-refractivity contribution in [2.75, 3.05) is 7.11 Å². The molecule has 0 unspecified atom stereocenters. The zero-order valence-corrected chi connectivity index (χ0v) is 14.7. The minimum Gasteiger partial charge on any atom is -0.465 e. The average molecular weight is 347 g/mol. The second-order valence-electron chi connectivity index (χ2n) is 5.80. The molecular formula is C20H17N3O3. The van der Waals surface area contributed by atoms with Gasteiger partial charge in [-0.1, -0.05) is 0 Å². The number of H-pyrrole nitrogens is 1. The number of aryl methyl sites for hydroxylation is 2. The number of hydrogen-bond donors (Lipinski definition) is 1. The molecule has 130 valence electrons. The highest BCUT2D eigenvalue weighted by atomic mass is 16.5. The molecule has 1 aliphatic rings. The van der Waals surface area contributed by atoms with Gasteiger partial charge in [-0.3, -0.25) is 4.99 Å². The van der Waals surface area contributed by atoms with E-state index >= 15 is 0 Å². The van der Waals surface area contributed by atoms with Crippen LogP contribution in [0.2, 0.25) is 0 Å². The van der Waals surface area contributed by atoms with Crippen LogP contribution in [0.15, 0.2) is 47.2 Å². The fraction of sp³-hybridized carbons (Fsp3) is 0.150. The molecule has 2 heterocycles. The van der Waals surface area contributed by atoms with Crippen LogP contribution in [0, 0.1) is 25.2 Å². The Labute approximate surface area is 151 Å². The van der Waals surface area contributed by atoms with E-state index in [2.05, 4.69) is 16.0 Å². The number of methoxy groups -OCH3 is 1. The van der Waals surface area contributed by atoms with Gasteiger partial charge in [-0.05, 0) is 55.3 Å². The number of ether oxygens (including phenoxy) is 2. The molecule has 1 aromatic heterocycles. The predicted molar refractivity (Wildman–Crippen MR) is 97.9 cm³/mol. The fourth-order valence-electron chi connectivity index (χ4n) is 2.72. The summed E-state index contributed by atoms with van der Waals surface area (Å²) in [7, 11) is 1.33. The summed E-state index contributed by atoms with van der Waals surface area (Å²) < 4.78 is 10.9. The summed E-state index contributed by atoms with van der Waals surface area (Å²) in [5, 5.41) is 9.11. The molecule has 1 aliphatic heterocycles. The molecule has 0 saturated heterocycles. The molecule has 0 atom stereocenters. The van der Waals surface area contributed by atoms with Crippen LogP contribution in [-0.4, -0.2) is 24.3 Å². The second kappa shape index (κ2) is 7.11. The number of esters is 1. The molecule has 0 radical (unpaired) electrons. The van der Waals surface area contributed by atoms with E-state index in [1.54, 1.807) is 36.7 Å². The van der Waals surface area contributed by atoms with Gasteiger partial charge in [-0.25, -0.2) is 4.79 Å². The number of carbonyl (C=O) groups is 1. The van der Waals surface area contributed by atoms with Gasteiger partial charge in [-0.15, -0.1) is 0 Å². The summed E-state index contributed by atoms with van der Waals surface area (Å²) >= 11 is 0. The van der Waals surface area contributed by atoms with E-state index in [-0.39, 0.29) is 0 Å². The number of allylic oxidation sites excluding steroid dienone is 2. The summed E-state index contributed by atoms with van der Waals surface area (Å²) in [5.74, 6) is 0.699. The minimum absolute atomic E-state index is 0.392. The van der Waals surface area contributed by atoms with Crippen LogP contribution in [0.3, 0.4) is 0 Å². The van der Waals surface area contributed by atoms with Crippen molar-refractivity contribution in [3.8, 4) is 11.8 Å². The van der Waals surface area contributed by atoms with Crippen molar-refractivity contribution in [2.24, 2.45) is 4.99 Å². The summed E-state index contributed by atoms with van der Waals surface area (Å²) in [6, 6.07) is 7.34. The van der Waals surface area contributed by atoms with Gasteiger partial charge in [-0.2, -0.15) is 5.26 Å². The number of aliphatic imine (C=N–C) groups is 1. The third-order valence-electron chi connectivity index (χ3n) is 3.93.